The van der Waals surface area contributed by atoms with Crippen LogP contribution in [0.1, 0.15) is 43.5 Å². The number of carbonyl (C=O) groups is 1. The predicted molar refractivity (Wildman–Crippen MR) is 178 cm³/mol. The first-order valence-electron chi connectivity index (χ1n) is 14.7. The number of carbonyl (C=O) groups excluding carboxylic acids is 1. The highest BCUT2D eigenvalue weighted by atomic mass is 35.5. The monoisotopic (exact) mass is 638 g/mol. The fourth-order valence-corrected chi connectivity index (χ4v) is 6.65. The average Bonchev–Trinajstić information content (AvgIpc) is 3.34. The molecule has 1 atom stereocenters. The van der Waals surface area contributed by atoms with Crippen molar-refractivity contribution in [2.24, 2.45) is 4.99 Å². The Labute approximate surface area is 269 Å². The quantitative estimate of drug-likeness (QED) is 0.170. The SMILES string of the molecule is CCOC(=O)C1=C(C)N=c2s/c(=C\c3ccc(OCc4cccc5ccccc45)c(OCC)c3)c(=O)n2C1c1ccc(Cl)cc1. The van der Waals surface area contributed by atoms with Crippen molar-refractivity contribution in [3.05, 3.63) is 138 Å². The highest BCUT2D eigenvalue weighted by Gasteiger charge is 2.33. The van der Waals surface area contributed by atoms with Gasteiger partial charge in [-0.1, -0.05) is 83.6 Å². The number of hydrogen-bond donors (Lipinski definition) is 0. The molecule has 1 aliphatic heterocycles. The maximum atomic E-state index is 14.0. The highest BCUT2D eigenvalue weighted by molar-refractivity contribution is 7.07. The van der Waals surface area contributed by atoms with Gasteiger partial charge in [-0.05, 0) is 78.6 Å². The van der Waals surface area contributed by atoms with Crippen molar-refractivity contribution in [2.45, 2.75) is 33.4 Å². The molecule has 9 heteroatoms. The molecule has 0 radical (unpaired) electrons. The molecule has 0 spiro atoms. The van der Waals surface area contributed by atoms with Gasteiger partial charge in [-0.3, -0.25) is 9.36 Å². The van der Waals surface area contributed by atoms with E-state index in [2.05, 4.69) is 29.3 Å². The highest BCUT2D eigenvalue weighted by Crippen LogP contribution is 2.32. The molecule has 6 rings (SSSR count). The van der Waals surface area contributed by atoms with Crippen molar-refractivity contribution < 1.29 is 19.0 Å². The lowest BCUT2D eigenvalue weighted by Crippen LogP contribution is -2.39. The van der Waals surface area contributed by atoms with Gasteiger partial charge in [-0.2, -0.15) is 0 Å². The number of hydrogen-bond acceptors (Lipinski definition) is 7. The molecule has 4 aromatic carbocycles. The van der Waals surface area contributed by atoms with E-state index in [4.69, 9.17) is 25.8 Å². The molecule has 7 nitrogen and oxygen atoms in total. The molecule has 0 saturated heterocycles. The summed E-state index contributed by atoms with van der Waals surface area (Å²) < 4.78 is 19.6. The number of rotatable bonds is 9. The fraction of sp³-hybridized carbons (Fsp3) is 0.194. The van der Waals surface area contributed by atoms with Gasteiger partial charge in [0.2, 0.25) is 0 Å². The van der Waals surface area contributed by atoms with E-state index in [0.717, 1.165) is 27.5 Å². The molecule has 0 bridgehead atoms. The number of thiazole rings is 1. The van der Waals surface area contributed by atoms with Crippen LogP contribution in [-0.4, -0.2) is 23.8 Å². The van der Waals surface area contributed by atoms with E-state index < -0.39 is 12.0 Å². The third-order valence-corrected chi connectivity index (χ3v) is 8.77. The standard InChI is InChI=1S/C36H31ClN2O5S/c1-4-42-30-19-23(13-18-29(30)44-21-26-11-8-10-24-9-6-7-12-28(24)26)20-31-34(40)39-33(25-14-16-27(37)17-15-25)32(35(41)43-5-2)22(3)38-36(39)45-31/h6-20,33H,4-5,21H2,1-3H3/b31-20-. The summed E-state index contributed by atoms with van der Waals surface area (Å²) in [5, 5.41) is 2.85. The van der Waals surface area contributed by atoms with Gasteiger partial charge in [0.15, 0.2) is 16.3 Å². The number of esters is 1. The Kier molecular flexibility index (Phi) is 8.87. The van der Waals surface area contributed by atoms with Crippen LogP contribution in [0.5, 0.6) is 11.5 Å². The van der Waals surface area contributed by atoms with Crippen LogP contribution < -0.4 is 24.4 Å². The molecule has 1 unspecified atom stereocenters. The third kappa shape index (κ3) is 6.16. The lowest BCUT2D eigenvalue weighted by molar-refractivity contribution is -0.139. The number of benzene rings is 4. The average molecular weight is 639 g/mol. The zero-order chi connectivity index (χ0) is 31.5. The summed E-state index contributed by atoms with van der Waals surface area (Å²) >= 11 is 7.43. The lowest BCUT2D eigenvalue weighted by Gasteiger charge is -2.24. The second-order valence-corrected chi connectivity index (χ2v) is 11.9. The van der Waals surface area contributed by atoms with Crippen molar-refractivity contribution in [3.8, 4) is 11.5 Å². The predicted octanol–water partition coefficient (Wildman–Crippen LogP) is 6.58. The zero-order valence-corrected chi connectivity index (χ0v) is 26.7. The summed E-state index contributed by atoms with van der Waals surface area (Å²) in [6, 6.07) is 26.4. The molecule has 0 fully saturated rings. The lowest BCUT2D eigenvalue weighted by atomic mass is 9.96. The fourth-order valence-electron chi connectivity index (χ4n) is 5.48. The summed E-state index contributed by atoms with van der Waals surface area (Å²) in [5.74, 6) is 0.688. The number of allylic oxidation sites excluding steroid dienone is 1. The van der Waals surface area contributed by atoms with Crippen LogP contribution in [0.3, 0.4) is 0 Å². The summed E-state index contributed by atoms with van der Waals surface area (Å²) in [4.78, 5) is 32.2. The smallest absolute Gasteiger partial charge is 0.338 e. The van der Waals surface area contributed by atoms with E-state index in [1.807, 2.05) is 61.5 Å². The summed E-state index contributed by atoms with van der Waals surface area (Å²) in [6.07, 6.45) is 1.81. The topological polar surface area (TPSA) is 79.1 Å². The van der Waals surface area contributed by atoms with E-state index >= 15 is 0 Å². The number of aromatic nitrogens is 1. The van der Waals surface area contributed by atoms with Crippen molar-refractivity contribution in [1.29, 1.82) is 0 Å². The van der Waals surface area contributed by atoms with Crippen LogP contribution in [0.25, 0.3) is 16.8 Å². The summed E-state index contributed by atoms with van der Waals surface area (Å²) in [6.45, 7) is 6.46. The third-order valence-electron chi connectivity index (χ3n) is 7.53. The Morgan fingerprint density at radius 3 is 2.51 bits per heavy atom. The van der Waals surface area contributed by atoms with Crippen LogP contribution in [-0.2, 0) is 16.1 Å². The van der Waals surface area contributed by atoms with Crippen molar-refractivity contribution in [1.82, 2.24) is 4.57 Å². The molecular formula is C36H31ClN2O5S. The minimum Gasteiger partial charge on any atom is -0.490 e. The number of fused-ring (bicyclic) bond motifs is 2. The zero-order valence-electron chi connectivity index (χ0n) is 25.1. The van der Waals surface area contributed by atoms with E-state index in [1.165, 1.54) is 11.3 Å². The van der Waals surface area contributed by atoms with E-state index in [0.29, 0.717) is 50.3 Å². The second-order valence-electron chi connectivity index (χ2n) is 10.4. The Bertz CT molecular complexity index is 2110. The van der Waals surface area contributed by atoms with Gasteiger partial charge in [0.1, 0.15) is 6.61 Å². The van der Waals surface area contributed by atoms with Crippen molar-refractivity contribution in [3.63, 3.8) is 0 Å². The van der Waals surface area contributed by atoms with Gasteiger partial charge in [0.25, 0.3) is 5.56 Å². The molecule has 1 aromatic heterocycles. The second kappa shape index (κ2) is 13.1. The van der Waals surface area contributed by atoms with E-state index in [9.17, 15) is 9.59 Å². The van der Waals surface area contributed by atoms with Gasteiger partial charge in [0.05, 0.1) is 35.1 Å². The van der Waals surface area contributed by atoms with Gasteiger partial charge in [-0.15, -0.1) is 0 Å². The number of nitrogens with zero attached hydrogens (tertiary/aromatic N) is 2. The molecular weight excluding hydrogens is 608 g/mol. The Morgan fingerprint density at radius 2 is 1.73 bits per heavy atom. The number of halogens is 1. The van der Waals surface area contributed by atoms with Crippen LogP contribution >= 0.6 is 22.9 Å². The van der Waals surface area contributed by atoms with Crippen LogP contribution in [0, 0.1) is 0 Å². The molecule has 0 N–H and O–H groups in total. The molecule has 1 aliphatic rings. The Hall–Kier alpha value is -4.66. The Balaban J connectivity index is 1.37. The first-order chi connectivity index (χ1) is 21.9. The van der Waals surface area contributed by atoms with Gasteiger partial charge >= 0.3 is 5.97 Å². The van der Waals surface area contributed by atoms with E-state index in [1.54, 1.807) is 30.5 Å². The summed E-state index contributed by atoms with van der Waals surface area (Å²) in [7, 11) is 0. The van der Waals surface area contributed by atoms with E-state index in [-0.39, 0.29) is 12.2 Å². The summed E-state index contributed by atoms with van der Waals surface area (Å²) in [5.41, 5.74) is 3.15. The van der Waals surface area contributed by atoms with Crippen molar-refractivity contribution >= 4 is 45.8 Å². The van der Waals surface area contributed by atoms with Crippen LogP contribution in [0.4, 0.5) is 0 Å². The van der Waals surface area contributed by atoms with Gasteiger partial charge in [0, 0.05) is 5.02 Å². The molecule has 45 heavy (non-hydrogen) atoms. The molecule has 228 valence electrons. The number of ether oxygens (including phenoxy) is 3. The minimum atomic E-state index is -0.705. The Morgan fingerprint density at radius 1 is 0.956 bits per heavy atom. The largest absolute Gasteiger partial charge is 0.490 e. The normalized spacial score (nSPS) is 14.7. The van der Waals surface area contributed by atoms with Gasteiger partial charge in [-0.25, -0.2) is 9.79 Å². The first kappa shape index (κ1) is 30.4. The molecule has 0 saturated carbocycles. The maximum absolute atomic E-state index is 14.0. The molecule has 0 aliphatic carbocycles. The first-order valence-corrected chi connectivity index (χ1v) is 15.9. The molecule has 5 aromatic rings. The van der Waals surface area contributed by atoms with Gasteiger partial charge < -0.3 is 14.2 Å². The molecule has 2 heterocycles. The van der Waals surface area contributed by atoms with Crippen LogP contribution in [0.15, 0.2) is 106 Å². The molecule has 0 amide bonds. The van der Waals surface area contributed by atoms with Crippen molar-refractivity contribution in [2.75, 3.05) is 13.2 Å². The maximum Gasteiger partial charge on any atom is 0.338 e. The van der Waals surface area contributed by atoms with Crippen LogP contribution in [0.2, 0.25) is 5.02 Å². The minimum absolute atomic E-state index is 0.206.